The smallest absolute Gasteiger partial charge is 0.336 e. The maximum atomic E-state index is 11.3. The summed E-state index contributed by atoms with van der Waals surface area (Å²) in [5, 5.41) is 12.6. The lowest BCUT2D eigenvalue weighted by Crippen LogP contribution is -2.07. The molecule has 0 unspecified atom stereocenters. The molecule has 0 saturated carbocycles. The summed E-state index contributed by atoms with van der Waals surface area (Å²) in [5.74, 6) is -0.100. The second-order valence-electron chi connectivity index (χ2n) is 6.52. The van der Waals surface area contributed by atoms with Crippen LogP contribution in [0.3, 0.4) is 0 Å². The summed E-state index contributed by atoms with van der Waals surface area (Å²) in [4.78, 5) is 11.3. The van der Waals surface area contributed by atoms with E-state index in [2.05, 4.69) is 30.4 Å². The zero-order valence-corrected chi connectivity index (χ0v) is 15.5. The number of nitrogens with one attached hydrogen (secondary N) is 1. The quantitative estimate of drug-likeness (QED) is 0.608. The molecule has 0 saturated heterocycles. The second kappa shape index (κ2) is 8.41. The Kier molecular flexibility index (Phi) is 5.77. The number of aromatic carboxylic acids is 1. The van der Waals surface area contributed by atoms with Gasteiger partial charge < -0.3 is 15.2 Å². The van der Waals surface area contributed by atoms with Crippen LogP contribution in [-0.2, 0) is 13.2 Å². The Balaban J connectivity index is 1.71. The zero-order valence-electron chi connectivity index (χ0n) is 15.5. The number of rotatable bonds is 7. The van der Waals surface area contributed by atoms with Gasteiger partial charge in [-0.25, -0.2) is 4.79 Å². The van der Waals surface area contributed by atoms with E-state index in [1.165, 1.54) is 5.56 Å². The van der Waals surface area contributed by atoms with Crippen LogP contribution in [-0.4, -0.2) is 11.1 Å². The zero-order chi connectivity index (χ0) is 19.2. The Bertz CT molecular complexity index is 950. The molecule has 0 bridgehead atoms. The maximum absolute atomic E-state index is 11.3. The van der Waals surface area contributed by atoms with E-state index < -0.39 is 5.97 Å². The molecule has 3 aromatic rings. The highest BCUT2D eigenvalue weighted by Gasteiger charge is 2.10. The highest BCUT2D eigenvalue weighted by atomic mass is 16.5. The molecule has 27 heavy (non-hydrogen) atoms. The van der Waals surface area contributed by atoms with Gasteiger partial charge >= 0.3 is 5.97 Å². The number of aryl methyl sites for hydroxylation is 1. The molecule has 0 aromatic heterocycles. The summed E-state index contributed by atoms with van der Waals surface area (Å²) in [6.45, 7) is 4.93. The largest absolute Gasteiger partial charge is 0.489 e. The van der Waals surface area contributed by atoms with Crippen molar-refractivity contribution in [3.63, 3.8) is 0 Å². The van der Waals surface area contributed by atoms with Crippen molar-refractivity contribution in [1.29, 1.82) is 0 Å². The van der Waals surface area contributed by atoms with E-state index in [9.17, 15) is 9.90 Å². The first-order valence-electron chi connectivity index (χ1n) is 8.87. The Morgan fingerprint density at radius 2 is 1.78 bits per heavy atom. The Morgan fingerprint density at radius 1 is 1.00 bits per heavy atom. The summed E-state index contributed by atoms with van der Waals surface area (Å²) >= 11 is 0. The number of carboxylic acids is 1. The van der Waals surface area contributed by atoms with Crippen LogP contribution in [0.4, 0.5) is 5.69 Å². The summed E-state index contributed by atoms with van der Waals surface area (Å²) in [5.41, 5.74) is 5.20. The molecule has 0 spiro atoms. The van der Waals surface area contributed by atoms with Crippen LogP contribution < -0.4 is 10.1 Å². The minimum atomic E-state index is -0.918. The molecular weight excluding hydrogens is 338 g/mol. The molecule has 0 atom stereocenters. The maximum Gasteiger partial charge on any atom is 0.336 e. The van der Waals surface area contributed by atoms with Crippen LogP contribution in [0, 0.1) is 13.8 Å². The second-order valence-corrected chi connectivity index (χ2v) is 6.52. The topological polar surface area (TPSA) is 58.6 Å². The van der Waals surface area contributed by atoms with Crippen LogP contribution >= 0.6 is 0 Å². The first-order valence-corrected chi connectivity index (χ1v) is 8.87. The van der Waals surface area contributed by atoms with Crippen molar-refractivity contribution in [3.8, 4) is 5.75 Å². The number of ether oxygens (including phenoxy) is 1. The van der Waals surface area contributed by atoms with E-state index in [-0.39, 0.29) is 0 Å². The van der Waals surface area contributed by atoms with Crippen molar-refractivity contribution in [2.24, 2.45) is 0 Å². The van der Waals surface area contributed by atoms with Crippen molar-refractivity contribution in [2.75, 3.05) is 5.32 Å². The molecule has 0 radical (unpaired) electrons. The van der Waals surface area contributed by atoms with E-state index in [4.69, 9.17) is 4.74 Å². The van der Waals surface area contributed by atoms with Crippen molar-refractivity contribution in [3.05, 3.63) is 94.5 Å². The SMILES string of the molecule is Cc1cccc(COc2ccccc2CNc2cccc(C(=O)O)c2C)c1. The van der Waals surface area contributed by atoms with Gasteiger partial charge in [0.25, 0.3) is 0 Å². The summed E-state index contributed by atoms with van der Waals surface area (Å²) < 4.78 is 6.02. The van der Waals surface area contributed by atoms with Crippen molar-refractivity contribution >= 4 is 11.7 Å². The Hall–Kier alpha value is -3.27. The summed E-state index contributed by atoms with van der Waals surface area (Å²) in [6.07, 6.45) is 0. The fourth-order valence-electron chi connectivity index (χ4n) is 3.00. The van der Waals surface area contributed by atoms with Gasteiger partial charge in [0.15, 0.2) is 0 Å². The molecule has 0 aliphatic carbocycles. The standard InChI is InChI=1S/C23H23NO3/c1-16-7-5-8-18(13-16)15-27-22-12-4-3-9-19(22)14-24-21-11-6-10-20(17(21)2)23(25)26/h3-13,24H,14-15H2,1-2H3,(H,25,26). The normalized spacial score (nSPS) is 10.4. The number of benzene rings is 3. The van der Waals surface area contributed by atoms with Gasteiger partial charge in [0, 0.05) is 17.8 Å². The van der Waals surface area contributed by atoms with E-state index in [0.717, 1.165) is 28.1 Å². The van der Waals surface area contributed by atoms with Gasteiger partial charge in [0.1, 0.15) is 12.4 Å². The third-order valence-corrected chi connectivity index (χ3v) is 4.48. The number of hydrogen-bond donors (Lipinski definition) is 2. The van der Waals surface area contributed by atoms with Gasteiger partial charge in [-0.2, -0.15) is 0 Å². The molecule has 0 aliphatic heterocycles. The van der Waals surface area contributed by atoms with Gasteiger partial charge in [-0.3, -0.25) is 0 Å². The van der Waals surface area contributed by atoms with Crippen molar-refractivity contribution in [2.45, 2.75) is 27.0 Å². The lowest BCUT2D eigenvalue weighted by Gasteiger charge is -2.15. The first-order chi connectivity index (χ1) is 13.0. The van der Waals surface area contributed by atoms with Crippen molar-refractivity contribution in [1.82, 2.24) is 0 Å². The average molecular weight is 361 g/mol. The Labute approximate surface area is 159 Å². The molecular formula is C23H23NO3. The van der Waals surface area contributed by atoms with Crippen LogP contribution in [0.2, 0.25) is 0 Å². The highest BCUT2D eigenvalue weighted by Crippen LogP contribution is 2.23. The predicted molar refractivity (Wildman–Crippen MR) is 107 cm³/mol. The van der Waals surface area contributed by atoms with Gasteiger partial charge in [-0.15, -0.1) is 0 Å². The molecule has 0 amide bonds. The number of hydrogen-bond acceptors (Lipinski definition) is 3. The van der Waals surface area contributed by atoms with E-state index >= 15 is 0 Å². The molecule has 0 aliphatic rings. The van der Waals surface area contributed by atoms with Gasteiger partial charge in [-0.05, 0) is 43.2 Å². The van der Waals surface area contributed by atoms with Gasteiger partial charge in [0.05, 0.1) is 5.56 Å². The minimum Gasteiger partial charge on any atom is -0.489 e. The van der Waals surface area contributed by atoms with E-state index in [1.807, 2.05) is 43.3 Å². The molecule has 2 N–H and O–H groups in total. The van der Waals surface area contributed by atoms with Crippen LogP contribution in [0.5, 0.6) is 5.75 Å². The molecule has 4 nitrogen and oxygen atoms in total. The van der Waals surface area contributed by atoms with Crippen LogP contribution in [0.1, 0.15) is 32.6 Å². The van der Waals surface area contributed by atoms with Crippen LogP contribution in [0.15, 0.2) is 66.7 Å². The van der Waals surface area contributed by atoms with Crippen molar-refractivity contribution < 1.29 is 14.6 Å². The molecule has 0 heterocycles. The van der Waals surface area contributed by atoms with E-state index in [1.54, 1.807) is 12.1 Å². The summed E-state index contributed by atoms with van der Waals surface area (Å²) in [6, 6.07) is 21.4. The monoisotopic (exact) mass is 361 g/mol. The molecule has 3 rings (SSSR count). The first kappa shape index (κ1) is 18.5. The van der Waals surface area contributed by atoms with Gasteiger partial charge in [-0.1, -0.05) is 54.1 Å². The third kappa shape index (κ3) is 4.67. The fourth-order valence-corrected chi connectivity index (χ4v) is 3.00. The average Bonchev–Trinajstić information content (AvgIpc) is 2.66. The minimum absolute atomic E-state index is 0.309. The predicted octanol–water partition coefficient (Wildman–Crippen LogP) is 5.19. The molecule has 138 valence electrons. The molecule has 3 aromatic carbocycles. The third-order valence-electron chi connectivity index (χ3n) is 4.48. The fraction of sp³-hybridized carbons (Fsp3) is 0.174. The highest BCUT2D eigenvalue weighted by molar-refractivity contribution is 5.91. The number of anilines is 1. The number of para-hydroxylation sites is 1. The lowest BCUT2D eigenvalue weighted by atomic mass is 10.1. The Morgan fingerprint density at radius 3 is 2.56 bits per heavy atom. The van der Waals surface area contributed by atoms with Crippen LogP contribution in [0.25, 0.3) is 0 Å². The molecule has 0 fully saturated rings. The molecule has 4 heteroatoms. The van der Waals surface area contributed by atoms with Gasteiger partial charge in [0.2, 0.25) is 0 Å². The summed E-state index contributed by atoms with van der Waals surface area (Å²) in [7, 11) is 0. The number of carboxylic acid groups (broad SMARTS) is 1. The van der Waals surface area contributed by atoms with E-state index in [0.29, 0.717) is 18.7 Å². The number of carbonyl (C=O) groups is 1. The lowest BCUT2D eigenvalue weighted by molar-refractivity contribution is 0.0696.